The van der Waals surface area contributed by atoms with Crippen molar-refractivity contribution >= 4 is 11.8 Å². The third-order valence-corrected chi connectivity index (χ3v) is 2.19. The van der Waals surface area contributed by atoms with Gasteiger partial charge in [-0.15, -0.1) is 0 Å². The molecule has 2 aromatic rings. The van der Waals surface area contributed by atoms with Crippen molar-refractivity contribution < 1.29 is 13.9 Å². The highest BCUT2D eigenvalue weighted by Gasteiger charge is 2.12. The summed E-state index contributed by atoms with van der Waals surface area (Å²) in [6.07, 6.45) is 0.375. The molecule has 0 saturated heterocycles. The number of nitrogens with one attached hydrogen (secondary N) is 1. The molecule has 0 fully saturated rings. The molecule has 0 spiro atoms. The number of para-hydroxylation sites is 1. The van der Waals surface area contributed by atoms with E-state index in [1.807, 2.05) is 0 Å². The monoisotopic (exact) mass is 257 g/mol. The molecule has 6 heteroatoms. The zero-order valence-corrected chi connectivity index (χ0v) is 9.63. The number of hydrogen-bond acceptors (Lipinski definition) is 4. The highest BCUT2D eigenvalue weighted by Crippen LogP contribution is 2.16. The van der Waals surface area contributed by atoms with Gasteiger partial charge in [-0.25, -0.2) is 14.2 Å². The number of pyridine rings is 1. The van der Waals surface area contributed by atoms with Gasteiger partial charge in [-0.1, -0.05) is 18.2 Å². The van der Waals surface area contributed by atoms with Crippen molar-refractivity contribution in [2.75, 3.05) is 5.32 Å². The number of rotatable bonds is 2. The van der Waals surface area contributed by atoms with Crippen LogP contribution < -0.4 is 10.1 Å². The lowest BCUT2D eigenvalue weighted by Crippen LogP contribution is -2.18. The molecule has 94 valence electrons. The van der Waals surface area contributed by atoms with Crippen LogP contribution in [0.1, 0.15) is 5.69 Å². The van der Waals surface area contributed by atoms with Crippen LogP contribution in [0.4, 0.5) is 14.9 Å². The first kappa shape index (κ1) is 12.5. The second-order valence-electron chi connectivity index (χ2n) is 3.46. The number of ether oxygens (including phenoxy) is 1. The number of hydrogen-bond donors (Lipinski definition) is 1. The number of nitrogens with zero attached hydrogens (tertiary/aromatic N) is 2. The lowest BCUT2D eigenvalue weighted by Gasteiger charge is -2.07. The Bertz CT molecular complexity index is 638. The molecule has 0 aliphatic carbocycles. The molecule has 1 heterocycles. The molecule has 5 nitrogen and oxygen atoms in total. The van der Waals surface area contributed by atoms with Gasteiger partial charge in [-0.2, -0.15) is 5.26 Å². The van der Waals surface area contributed by atoms with E-state index in [-0.39, 0.29) is 5.69 Å². The molecular weight excluding hydrogens is 249 g/mol. The maximum absolute atomic E-state index is 13.6. The number of aromatic nitrogens is 1. The zero-order chi connectivity index (χ0) is 13.7. The molecule has 0 atom stereocenters. The first-order valence-electron chi connectivity index (χ1n) is 5.29. The van der Waals surface area contributed by atoms with Crippen LogP contribution >= 0.6 is 0 Å². The van der Waals surface area contributed by atoms with Crippen molar-refractivity contribution in [3.05, 3.63) is 54.1 Å². The molecule has 1 N–H and O–H groups in total. The molecule has 1 aromatic heterocycles. The Labute approximate surface area is 108 Å². The van der Waals surface area contributed by atoms with E-state index >= 15 is 0 Å². The number of halogens is 1. The third-order valence-electron chi connectivity index (χ3n) is 2.19. The largest absolute Gasteiger partial charge is 0.417 e. The number of nitriles is 1. The van der Waals surface area contributed by atoms with Gasteiger partial charge in [0.05, 0.1) is 5.69 Å². The highest BCUT2D eigenvalue weighted by molar-refractivity contribution is 5.86. The Morgan fingerprint density at radius 2 is 2.05 bits per heavy atom. The summed E-state index contributed by atoms with van der Waals surface area (Å²) in [5.41, 5.74) is -0.551. The first-order chi connectivity index (χ1) is 9.20. The average molecular weight is 257 g/mol. The summed E-state index contributed by atoms with van der Waals surface area (Å²) in [5, 5.41) is 10.8. The van der Waals surface area contributed by atoms with Gasteiger partial charge in [0.15, 0.2) is 11.5 Å². The number of benzene rings is 1. The fraction of sp³-hybridized carbons (Fsp3) is 0. The lowest BCUT2D eigenvalue weighted by molar-refractivity contribution is 0.215. The van der Waals surface area contributed by atoms with E-state index < -0.39 is 17.6 Å². The van der Waals surface area contributed by atoms with Crippen molar-refractivity contribution in [2.45, 2.75) is 0 Å². The molecule has 19 heavy (non-hydrogen) atoms. The number of anilines is 1. The van der Waals surface area contributed by atoms with Gasteiger partial charge in [0.25, 0.3) is 0 Å². The summed E-state index contributed by atoms with van der Waals surface area (Å²) >= 11 is 0. The van der Waals surface area contributed by atoms with Gasteiger partial charge < -0.3 is 4.74 Å². The summed E-state index contributed by atoms with van der Waals surface area (Å²) in [7, 11) is 0. The van der Waals surface area contributed by atoms with E-state index in [0.29, 0.717) is 5.75 Å². The normalized spacial score (nSPS) is 9.47. The molecule has 2 rings (SSSR count). The summed E-state index contributed by atoms with van der Waals surface area (Å²) in [6.45, 7) is 0. The molecule has 0 bridgehead atoms. The Morgan fingerprint density at radius 1 is 1.32 bits per heavy atom. The standard InChI is InChI=1S/C13H8FN3O2/c14-12-10(6-7-16-11(12)8-15)17-13(18)19-9-4-2-1-3-5-9/h1-7H,(H,16,17,18). The minimum Gasteiger partial charge on any atom is -0.410 e. The quantitative estimate of drug-likeness (QED) is 0.897. The number of amides is 1. The Kier molecular flexibility index (Phi) is 3.69. The molecule has 0 unspecified atom stereocenters. The minimum atomic E-state index is -0.894. The lowest BCUT2D eigenvalue weighted by atomic mass is 10.3. The third kappa shape index (κ3) is 3.04. The van der Waals surface area contributed by atoms with Crippen LogP contribution in [0.15, 0.2) is 42.6 Å². The molecule has 0 saturated carbocycles. The maximum atomic E-state index is 13.6. The number of carbonyl (C=O) groups excluding carboxylic acids is 1. The van der Waals surface area contributed by atoms with Crippen molar-refractivity contribution in [2.24, 2.45) is 0 Å². The van der Waals surface area contributed by atoms with Crippen LogP contribution in [-0.2, 0) is 0 Å². The van der Waals surface area contributed by atoms with Gasteiger partial charge in [0.2, 0.25) is 0 Å². The molecule has 0 aliphatic heterocycles. The Balaban J connectivity index is 2.10. The smallest absolute Gasteiger partial charge is 0.410 e. The second-order valence-corrected chi connectivity index (χ2v) is 3.46. The van der Waals surface area contributed by atoms with Gasteiger partial charge in [0, 0.05) is 6.20 Å². The summed E-state index contributed by atoms with van der Waals surface area (Å²) in [5.74, 6) is -0.565. The van der Waals surface area contributed by atoms with E-state index in [4.69, 9.17) is 10.00 Å². The van der Waals surface area contributed by atoms with E-state index in [0.717, 1.165) is 0 Å². The Morgan fingerprint density at radius 3 is 2.74 bits per heavy atom. The Hall–Kier alpha value is -2.94. The minimum absolute atomic E-state index is 0.160. The summed E-state index contributed by atoms with van der Waals surface area (Å²) < 4.78 is 18.5. The van der Waals surface area contributed by atoms with Crippen molar-refractivity contribution in [1.29, 1.82) is 5.26 Å². The van der Waals surface area contributed by atoms with Gasteiger partial charge in [-0.05, 0) is 18.2 Å². The van der Waals surface area contributed by atoms with Crippen LogP contribution in [0.5, 0.6) is 5.75 Å². The zero-order valence-electron chi connectivity index (χ0n) is 9.63. The fourth-order valence-corrected chi connectivity index (χ4v) is 1.35. The maximum Gasteiger partial charge on any atom is 0.417 e. The van der Waals surface area contributed by atoms with Gasteiger partial charge >= 0.3 is 6.09 Å². The topological polar surface area (TPSA) is 75.0 Å². The van der Waals surface area contributed by atoms with Crippen LogP contribution in [0.3, 0.4) is 0 Å². The van der Waals surface area contributed by atoms with Crippen molar-refractivity contribution in [1.82, 2.24) is 4.98 Å². The number of carbonyl (C=O) groups is 1. The van der Waals surface area contributed by atoms with Crippen molar-refractivity contribution in [3.63, 3.8) is 0 Å². The van der Waals surface area contributed by atoms with Gasteiger partial charge in [0.1, 0.15) is 11.8 Å². The molecule has 1 aromatic carbocycles. The second kappa shape index (κ2) is 5.60. The van der Waals surface area contributed by atoms with E-state index in [9.17, 15) is 9.18 Å². The molecule has 0 radical (unpaired) electrons. The summed E-state index contributed by atoms with van der Waals surface area (Å²) in [6, 6.07) is 11.2. The predicted octanol–water partition coefficient (Wildman–Crippen LogP) is 2.70. The molecule has 1 amide bonds. The summed E-state index contributed by atoms with van der Waals surface area (Å²) in [4.78, 5) is 15.1. The van der Waals surface area contributed by atoms with Crippen LogP contribution in [0, 0.1) is 17.1 Å². The van der Waals surface area contributed by atoms with Gasteiger partial charge in [-0.3, -0.25) is 5.32 Å². The van der Waals surface area contributed by atoms with Crippen molar-refractivity contribution in [3.8, 4) is 11.8 Å². The first-order valence-corrected chi connectivity index (χ1v) is 5.29. The van der Waals surface area contributed by atoms with Crippen LogP contribution in [-0.4, -0.2) is 11.1 Å². The molecular formula is C13H8FN3O2. The van der Waals surface area contributed by atoms with E-state index in [1.54, 1.807) is 36.4 Å². The SMILES string of the molecule is N#Cc1nccc(NC(=O)Oc2ccccc2)c1F. The van der Waals surface area contributed by atoms with Crippen LogP contribution in [0.25, 0.3) is 0 Å². The highest BCUT2D eigenvalue weighted by atomic mass is 19.1. The predicted molar refractivity (Wildman–Crippen MR) is 65.0 cm³/mol. The van der Waals surface area contributed by atoms with Crippen LogP contribution in [0.2, 0.25) is 0 Å². The fourth-order valence-electron chi connectivity index (χ4n) is 1.35. The van der Waals surface area contributed by atoms with E-state index in [2.05, 4.69) is 10.3 Å². The van der Waals surface area contributed by atoms with E-state index in [1.165, 1.54) is 12.3 Å². The molecule has 0 aliphatic rings. The average Bonchev–Trinajstić information content (AvgIpc) is 2.42.